The Morgan fingerprint density at radius 2 is 2.00 bits per heavy atom. The Hall–Kier alpha value is -2.95. The molecule has 0 bridgehead atoms. The zero-order valence-electron chi connectivity index (χ0n) is 14.6. The molecule has 0 saturated heterocycles. The van der Waals surface area contributed by atoms with Gasteiger partial charge in [0.05, 0.1) is 5.41 Å². The normalized spacial score (nSPS) is 16.7. The first kappa shape index (κ1) is 15.3. The fourth-order valence-electron chi connectivity index (χ4n) is 3.76. The van der Waals surface area contributed by atoms with Gasteiger partial charge < -0.3 is 19.8 Å². The van der Waals surface area contributed by atoms with E-state index in [2.05, 4.69) is 29.4 Å². The predicted octanol–water partition coefficient (Wildman–Crippen LogP) is 4.13. The maximum absolute atomic E-state index is 13.1. The van der Waals surface area contributed by atoms with Crippen LogP contribution in [0.1, 0.15) is 30.9 Å². The lowest BCUT2D eigenvalue weighted by atomic mass is 9.94. The van der Waals surface area contributed by atoms with Crippen LogP contribution in [-0.4, -0.2) is 17.7 Å². The summed E-state index contributed by atoms with van der Waals surface area (Å²) in [6, 6.07) is 12.0. The molecule has 1 saturated carbocycles. The number of aryl methyl sites for hydroxylation is 1. The lowest BCUT2D eigenvalue weighted by Crippen LogP contribution is -2.28. The van der Waals surface area contributed by atoms with Gasteiger partial charge in [-0.25, -0.2) is 0 Å². The SMILES string of the molecule is CCc1cc2cc[nH]c2cc1NC(=O)C1(c2ccc3c(c2)OCO3)CC1. The van der Waals surface area contributed by atoms with Gasteiger partial charge in [-0.1, -0.05) is 13.0 Å². The summed E-state index contributed by atoms with van der Waals surface area (Å²) in [7, 11) is 0. The maximum Gasteiger partial charge on any atom is 0.235 e. The van der Waals surface area contributed by atoms with Crippen LogP contribution in [0.15, 0.2) is 42.6 Å². The molecule has 2 aliphatic rings. The Morgan fingerprint density at radius 1 is 1.15 bits per heavy atom. The number of ether oxygens (including phenoxy) is 2. The second kappa shape index (κ2) is 5.53. The molecule has 1 aliphatic heterocycles. The average Bonchev–Trinajstić information content (AvgIpc) is 3.12. The molecule has 1 aromatic heterocycles. The second-order valence-electron chi connectivity index (χ2n) is 7.03. The third kappa shape index (κ3) is 2.27. The molecule has 1 fully saturated rings. The van der Waals surface area contributed by atoms with Gasteiger partial charge in [0.1, 0.15) is 0 Å². The van der Waals surface area contributed by atoms with Gasteiger partial charge in [0.2, 0.25) is 12.7 Å². The number of carbonyl (C=O) groups is 1. The molecule has 5 rings (SSSR count). The molecule has 132 valence electrons. The minimum Gasteiger partial charge on any atom is -0.454 e. The van der Waals surface area contributed by atoms with Crippen LogP contribution < -0.4 is 14.8 Å². The van der Waals surface area contributed by atoms with Gasteiger partial charge in [0.25, 0.3) is 0 Å². The van der Waals surface area contributed by atoms with Gasteiger partial charge in [-0.3, -0.25) is 4.79 Å². The first-order valence-electron chi connectivity index (χ1n) is 9.01. The molecule has 1 amide bonds. The van der Waals surface area contributed by atoms with Gasteiger partial charge in [-0.05, 0) is 66.1 Å². The molecule has 2 aromatic carbocycles. The van der Waals surface area contributed by atoms with Crippen LogP contribution in [-0.2, 0) is 16.6 Å². The topological polar surface area (TPSA) is 63.4 Å². The number of rotatable bonds is 4. The smallest absolute Gasteiger partial charge is 0.235 e. The molecular formula is C21H20N2O3. The Labute approximate surface area is 151 Å². The minimum atomic E-state index is -0.462. The van der Waals surface area contributed by atoms with Crippen LogP contribution >= 0.6 is 0 Å². The number of benzene rings is 2. The fraction of sp³-hybridized carbons (Fsp3) is 0.286. The molecular weight excluding hydrogens is 328 g/mol. The van der Waals surface area contributed by atoms with E-state index >= 15 is 0 Å². The Kier molecular flexibility index (Phi) is 3.26. The molecule has 5 heteroatoms. The number of H-pyrrole nitrogens is 1. The summed E-state index contributed by atoms with van der Waals surface area (Å²) in [5.41, 5.74) is 3.60. The third-order valence-corrected chi connectivity index (χ3v) is 5.52. The molecule has 26 heavy (non-hydrogen) atoms. The molecule has 5 nitrogen and oxygen atoms in total. The van der Waals surface area contributed by atoms with Gasteiger partial charge in [-0.15, -0.1) is 0 Å². The van der Waals surface area contributed by atoms with Gasteiger partial charge in [0.15, 0.2) is 11.5 Å². The quantitative estimate of drug-likeness (QED) is 0.745. The predicted molar refractivity (Wildman–Crippen MR) is 99.8 cm³/mol. The third-order valence-electron chi connectivity index (χ3n) is 5.52. The summed E-state index contributed by atoms with van der Waals surface area (Å²) in [6.07, 6.45) is 4.49. The van der Waals surface area contributed by atoms with Crippen molar-refractivity contribution in [3.63, 3.8) is 0 Å². The summed E-state index contributed by atoms with van der Waals surface area (Å²) in [5, 5.41) is 4.35. The Balaban J connectivity index is 1.47. The number of aromatic nitrogens is 1. The molecule has 0 spiro atoms. The molecule has 0 radical (unpaired) electrons. The number of amides is 1. The van der Waals surface area contributed by atoms with Crippen molar-refractivity contribution in [2.24, 2.45) is 0 Å². The van der Waals surface area contributed by atoms with Crippen LogP contribution in [0, 0.1) is 0 Å². The summed E-state index contributed by atoms with van der Waals surface area (Å²) < 4.78 is 10.9. The molecule has 0 unspecified atom stereocenters. The molecule has 2 heterocycles. The van der Waals surface area contributed by atoms with E-state index in [0.29, 0.717) is 0 Å². The summed E-state index contributed by atoms with van der Waals surface area (Å²) in [4.78, 5) is 16.4. The highest BCUT2D eigenvalue weighted by Gasteiger charge is 2.51. The van der Waals surface area contributed by atoms with Crippen molar-refractivity contribution >= 4 is 22.5 Å². The zero-order chi connectivity index (χ0) is 17.7. The van der Waals surface area contributed by atoms with Crippen LogP contribution in [0.4, 0.5) is 5.69 Å². The van der Waals surface area contributed by atoms with Crippen LogP contribution in [0.2, 0.25) is 0 Å². The number of fused-ring (bicyclic) bond motifs is 2. The van der Waals surface area contributed by atoms with Crippen LogP contribution in [0.5, 0.6) is 11.5 Å². The van der Waals surface area contributed by atoms with Crippen molar-refractivity contribution < 1.29 is 14.3 Å². The highest BCUT2D eigenvalue weighted by molar-refractivity contribution is 6.03. The van der Waals surface area contributed by atoms with Gasteiger partial charge >= 0.3 is 0 Å². The molecule has 2 N–H and O–H groups in total. The van der Waals surface area contributed by atoms with Crippen molar-refractivity contribution in [3.8, 4) is 11.5 Å². The first-order chi connectivity index (χ1) is 12.7. The van der Waals surface area contributed by atoms with Gasteiger partial charge in [-0.2, -0.15) is 0 Å². The van der Waals surface area contributed by atoms with E-state index in [1.807, 2.05) is 30.5 Å². The monoisotopic (exact) mass is 348 g/mol. The van der Waals surface area contributed by atoms with Crippen molar-refractivity contribution in [2.75, 3.05) is 12.1 Å². The standard InChI is InChI=1S/C21H20N2O3/c1-2-13-9-14-5-8-22-16(14)11-17(13)23-20(24)21(6-7-21)15-3-4-18-19(10-15)26-12-25-18/h3-5,8-11,22H,2,6-7,12H2,1H3,(H,23,24). The van der Waals surface area contributed by atoms with E-state index in [9.17, 15) is 4.79 Å². The van der Waals surface area contributed by atoms with Crippen molar-refractivity contribution in [1.29, 1.82) is 0 Å². The van der Waals surface area contributed by atoms with Crippen LogP contribution in [0.3, 0.4) is 0 Å². The first-order valence-corrected chi connectivity index (χ1v) is 9.01. The summed E-state index contributed by atoms with van der Waals surface area (Å²) >= 11 is 0. The van der Waals surface area contributed by atoms with Gasteiger partial charge in [0, 0.05) is 17.4 Å². The van der Waals surface area contributed by atoms with Crippen LogP contribution in [0.25, 0.3) is 10.9 Å². The van der Waals surface area contributed by atoms with E-state index in [4.69, 9.17) is 9.47 Å². The van der Waals surface area contributed by atoms with E-state index in [-0.39, 0.29) is 12.7 Å². The number of anilines is 1. The van der Waals surface area contributed by atoms with E-state index < -0.39 is 5.41 Å². The number of carbonyl (C=O) groups excluding carboxylic acids is 1. The summed E-state index contributed by atoms with van der Waals surface area (Å²) in [6.45, 7) is 2.35. The van der Waals surface area contributed by atoms with Crippen molar-refractivity contribution in [3.05, 3.63) is 53.7 Å². The molecule has 3 aromatic rings. The minimum absolute atomic E-state index is 0.0528. The highest BCUT2D eigenvalue weighted by Crippen LogP contribution is 2.51. The molecule has 0 atom stereocenters. The fourth-order valence-corrected chi connectivity index (χ4v) is 3.76. The number of aromatic amines is 1. The van der Waals surface area contributed by atoms with Crippen molar-refractivity contribution in [1.82, 2.24) is 4.98 Å². The molecule has 1 aliphatic carbocycles. The average molecular weight is 348 g/mol. The largest absolute Gasteiger partial charge is 0.454 e. The zero-order valence-corrected chi connectivity index (χ0v) is 14.6. The lowest BCUT2D eigenvalue weighted by Gasteiger charge is -2.18. The van der Waals surface area contributed by atoms with E-state index in [1.165, 1.54) is 0 Å². The second-order valence-corrected chi connectivity index (χ2v) is 7.03. The number of hydrogen-bond acceptors (Lipinski definition) is 3. The van der Waals surface area contributed by atoms with E-state index in [0.717, 1.165) is 58.5 Å². The Morgan fingerprint density at radius 3 is 2.81 bits per heavy atom. The Bertz CT molecular complexity index is 1020. The van der Waals surface area contributed by atoms with E-state index in [1.54, 1.807) is 0 Å². The maximum atomic E-state index is 13.1. The highest BCUT2D eigenvalue weighted by atomic mass is 16.7. The lowest BCUT2D eigenvalue weighted by molar-refractivity contribution is -0.118. The van der Waals surface area contributed by atoms with Crippen molar-refractivity contribution in [2.45, 2.75) is 31.6 Å². The number of hydrogen-bond donors (Lipinski definition) is 2. The summed E-state index contributed by atoms with van der Waals surface area (Å²) in [5.74, 6) is 1.52. The number of nitrogens with one attached hydrogen (secondary N) is 2.